The van der Waals surface area contributed by atoms with Gasteiger partial charge in [-0.05, 0) is 38.2 Å². The van der Waals surface area contributed by atoms with Gasteiger partial charge in [0.1, 0.15) is 6.04 Å². The smallest absolute Gasteiger partial charge is 0.329 e. The molecule has 0 saturated carbocycles. The molecule has 26 heavy (non-hydrogen) atoms. The van der Waals surface area contributed by atoms with E-state index in [0.717, 1.165) is 17.6 Å². The molecule has 1 amide bonds. The van der Waals surface area contributed by atoms with Crippen molar-refractivity contribution in [3.8, 4) is 0 Å². The monoisotopic (exact) mass is 357 g/mol. The molecule has 0 N–H and O–H groups in total. The van der Waals surface area contributed by atoms with E-state index < -0.39 is 11.5 Å². The first-order chi connectivity index (χ1) is 12.3. The molecule has 0 radical (unpaired) electrons. The van der Waals surface area contributed by atoms with Gasteiger partial charge in [-0.15, -0.1) is 0 Å². The molecular weight excluding hydrogens is 326 g/mol. The van der Waals surface area contributed by atoms with Crippen molar-refractivity contribution in [1.29, 1.82) is 0 Å². The van der Waals surface area contributed by atoms with Crippen molar-refractivity contribution in [2.75, 3.05) is 13.2 Å². The lowest BCUT2D eigenvalue weighted by atomic mass is 9.74. The van der Waals surface area contributed by atoms with Gasteiger partial charge in [-0.1, -0.05) is 56.3 Å². The molecule has 142 valence electrons. The number of hydrogen-bond donors (Lipinski definition) is 0. The van der Waals surface area contributed by atoms with E-state index in [9.17, 15) is 9.59 Å². The van der Waals surface area contributed by atoms with Crippen molar-refractivity contribution >= 4 is 11.9 Å². The van der Waals surface area contributed by atoms with Crippen LogP contribution in [0.25, 0.3) is 0 Å². The SMILES string of the molecule is C=C(C)C1(CC(C)C)CCN(C(Cc2ccccc2)C(=O)OCC)C1=O. The summed E-state index contributed by atoms with van der Waals surface area (Å²) in [6, 6.07) is 9.21. The number of hydrogen-bond acceptors (Lipinski definition) is 3. The molecule has 1 fully saturated rings. The Morgan fingerprint density at radius 3 is 2.50 bits per heavy atom. The molecular formula is C22H31NO3. The van der Waals surface area contributed by atoms with Gasteiger partial charge in [-0.25, -0.2) is 4.79 Å². The highest BCUT2D eigenvalue weighted by Crippen LogP contribution is 2.44. The molecule has 1 heterocycles. The maximum atomic E-state index is 13.4. The average Bonchev–Trinajstić information content (AvgIpc) is 2.91. The third-order valence-corrected chi connectivity index (χ3v) is 5.23. The van der Waals surface area contributed by atoms with Gasteiger partial charge in [0.15, 0.2) is 0 Å². The Kier molecular flexibility index (Phi) is 6.63. The molecule has 4 nitrogen and oxygen atoms in total. The van der Waals surface area contributed by atoms with Crippen molar-refractivity contribution in [2.45, 2.75) is 53.0 Å². The van der Waals surface area contributed by atoms with Crippen molar-refractivity contribution in [2.24, 2.45) is 11.3 Å². The summed E-state index contributed by atoms with van der Waals surface area (Å²) in [6.07, 6.45) is 1.95. The largest absolute Gasteiger partial charge is 0.464 e. The molecule has 1 aliphatic heterocycles. The lowest BCUT2D eigenvalue weighted by Crippen LogP contribution is -2.47. The van der Waals surface area contributed by atoms with Gasteiger partial charge in [-0.3, -0.25) is 4.79 Å². The molecule has 2 unspecified atom stereocenters. The van der Waals surface area contributed by atoms with Crippen LogP contribution in [0, 0.1) is 11.3 Å². The zero-order valence-electron chi connectivity index (χ0n) is 16.5. The highest BCUT2D eigenvalue weighted by atomic mass is 16.5. The summed E-state index contributed by atoms with van der Waals surface area (Å²) in [4.78, 5) is 27.8. The zero-order chi connectivity index (χ0) is 19.3. The lowest BCUT2D eigenvalue weighted by Gasteiger charge is -2.32. The number of carbonyl (C=O) groups excluding carboxylic acids is 2. The molecule has 1 aliphatic rings. The van der Waals surface area contributed by atoms with Crippen LogP contribution in [-0.4, -0.2) is 36.0 Å². The minimum absolute atomic E-state index is 0.0210. The van der Waals surface area contributed by atoms with Crippen molar-refractivity contribution < 1.29 is 14.3 Å². The van der Waals surface area contributed by atoms with Gasteiger partial charge in [0.05, 0.1) is 12.0 Å². The molecule has 1 saturated heterocycles. The van der Waals surface area contributed by atoms with Crippen molar-refractivity contribution in [3.63, 3.8) is 0 Å². The van der Waals surface area contributed by atoms with Gasteiger partial charge >= 0.3 is 5.97 Å². The van der Waals surface area contributed by atoms with Crippen LogP contribution < -0.4 is 0 Å². The van der Waals surface area contributed by atoms with Gasteiger partial charge in [-0.2, -0.15) is 0 Å². The minimum Gasteiger partial charge on any atom is -0.464 e. The molecule has 0 aliphatic carbocycles. The summed E-state index contributed by atoms with van der Waals surface area (Å²) >= 11 is 0. The van der Waals surface area contributed by atoms with E-state index in [1.807, 2.05) is 37.3 Å². The number of benzene rings is 1. The average molecular weight is 357 g/mol. The van der Waals surface area contributed by atoms with Crippen LogP contribution in [0.2, 0.25) is 0 Å². The van der Waals surface area contributed by atoms with Gasteiger partial charge in [0.25, 0.3) is 0 Å². The van der Waals surface area contributed by atoms with E-state index in [1.165, 1.54) is 0 Å². The fourth-order valence-corrected chi connectivity index (χ4v) is 3.95. The van der Waals surface area contributed by atoms with E-state index in [2.05, 4.69) is 20.4 Å². The Morgan fingerprint density at radius 1 is 1.31 bits per heavy atom. The molecule has 2 rings (SSSR count). The molecule has 0 aromatic heterocycles. The Labute approximate surface area is 157 Å². The Hall–Kier alpha value is -2.10. The molecule has 1 aromatic rings. The predicted octanol–water partition coefficient (Wildman–Crippen LogP) is 4.00. The van der Waals surface area contributed by atoms with Crippen LogP contribution in [0.15, 0.2) is 42.5 Å². The molecule has 0 bridgehead atoms. The van der Waals surface area contributed by atoms with E-state index >= 15 is 0 Å². The van der Waals surface area contributed by atoms with Crippen LogP contribution in [0.5, 0.6) is 0 Å². The summed E-state index contributed by atoms with van der Waals surface area (Å²) in [5, 5.41) is 0. The number of amides is 1. The highest BCUT2D eigenvalue weighted by molar-refractivity contribution is 5.92. The van der Waals surface area contributed by atoms with Crippen molar-refractivity contribution in [1.82, 2.24) is 4.90 Å². The first kappa shape index (κ1) is 20.2. The quantitative estimate of drug-likeness (QED) is 0.522. The number of carbonyl (C=O) groups is 2. The van der Waals surface area contributed by atoms with E-state index in [1.54, 1.807) is 11.8 Å². The zero-order valence-corrected chi connectivity index (χ0v) is 16.5. The van der Waals surface area contributed by atoms with E-state index in [4.69, 9.17) is 4.74 Å². The summed E-state index contributed by atoms with van der Waals surface area (Å²) in [6.45, 7) is 12.9. The number of nitrogens with zero attached hydrogens (tertiary/aromatic N) is 1. The molecule has 1 aromatic carbocycles. The topological polar surface area (TPSA) is 46.6 Å². The van der Waals surface area contributed by atoms with Gasteiger partial charge < -0.3 is 9.64 Å². The summed E-state index contributed by atoms with van der Waals surface area (Å²) < 4.78 is 5.29. The minimum atomic E-state index is -0.585. The normalized spacial score (nSPS) is 21.1. The maximum absolute atomic E-state index is 13.4. The second-order valence-electron chi connectivity index (χ2n) is 7.67. The lowest BCUT2D eigenvalue weighted by molar-refractivity contribution is -0.154. The van der Waals surface area contributed by atoms with Gasteiger partial charge in [0.2, 0.25) is 5.91 Å². The fraction of sp³-hybridized carbons (Fsp3) is 0.545. The highest BCUT2D eigenvalue weighted by Gasteiger charge is 2.50. The van der Waals surface area contributed by atoms with Crippen LogP contribution in [0.1, 0.15) is 46.1 Å². The number of likely N-dealkylation sites (tertiary alicyclic amines) is 1. The summed E-state index contributed by atoms with van der Waals surface area (Å²) in [7, 11) is 0. The van der Waals surface area contributed by atoms with E-state index in [0.29, 0.717) is 31.9 Å². The third-order valence-electron chi connectivity index (χ3n) is 5.23. The third kappa shape index (κ3) is 4.17. The predicted molar refractivity (Wildman–Crippen MR) is 104 cm³/mol. The van der Waals surface area contributed by atoms with Gasteiger partial charge in [0, 0.05) is 13.0 Å². The first-order valence-electron chi connectivity index (χ1n) is 9.49. The summed E-state index contributed by atoms with van der Waals surface area (Å²) in [5.74, 6) is 0.0743. The molecule has 4 heteroatoms. The summed E-state index contributed by atoms with van der Waals surface area (Å²) in [5.41, 5.74) is 1.35. The Balaban J connectivity index is 2.31. The van der Waals surface area contributed by atoms with Crippen LogP contribution in [0.4, 0.5) is 0 Å². The van der Waals surface area contributed by atoms with Crippen LogP contribution in [0.3, 0.4) is 0 Å². The fourth-order valence-electron chi connectivity index (χ4n) is 3.95. The maximum Gasteiger partial charge on any atom is 0.329 e. The van der Waals surface area contributed by atoms with Crippen molar-refractivity contribution in [3.05, 3.63) is 48.0 Å². The Bertz CT molecular complexity index is 653. The second-order valence-corrected chi connectivity index (χ2v) is 7.67. The second kappa shape index (κ2) is 8.52. The van der Waals surface area contributed by atoms with Crippen LogP contribution >= 0.6 is 0 Å². The Morgan fingerprint density at radius 2 is 1.96 bits per heavy atom. The number of esters is 1. The first-order valence-corrected chi connectivity index (χ1v) is 9.49. The molecule has 2 atom stereocenters. The van der Waals surface area contributed by atoms with E-state index in [-0.39, 0.29) is 11.9 Å². The standard InChI is InChI=1S/C22H31NO3/c1-6-26-20(24)19(14-18-10-8-7-9-11-18)23-13-12-22(17(4)5,21(23)25)15-16(2)3/h7-11,16,19H,4,6,12-15H2,1-3,5H3. The molecule has 0 spiro atoms. The number of rotatable bonds is 8. The van der Waals surface area contributed by atoms with Crippen LogP contribution in [-0.2, 0) is 20.7 Å². The number of ether oxygens (including phenoxy) is 1.